The lowest BCUT2D eigenvalue weighted by molar-refractivity contribution is -0.384. The molecule has 2 heterocycles. The molecule has 1 amide bonds. The van der Waals surface area contributed by atoms with E-state index in [1.54, 1.807) is 17.5 Å². The largest absolute Gasteiger partial charge is 0.301 e. The number of benzene rings is 1. The van der Waals surface area contributed by atoms with Crippen LogP contribution in [0.5, 0.6) is 0 Å². The van der Waals surface area contributed by atoms with Gasteiger partial charge in [-0.25, -0.2) is 9.97 Å². The van der Waals surface area contributed by atoms with Crippen LogP contribution in [0.2, 0.25) is 0 Å². The average Bonchev–Trinajstić information content (AvgIpc) is 3.24. The van der Waals surface area contributed by atoms with Crippen molar-refractivity contribution < 1.29 is 9.72 Å². The van der Waals surface area contributed by atoms with E-state index in [1.165, 1.54) is 46.6 Å². The maximum atomic E-state index is 12.3. The number of amides is 1. The van der Waals surface area contributed by atoms with Crippen LogP contribution in [-0.2, 0) is 4.79 Å². The summed E-state index contributed by atoms with van der Waals surface area (Å²) in [5, 5.41) is 17.5. The number of nitro groups is 1. The Labute approximate surface area is 161 Å². The molecular formula is C16H14N4O3S3. The lowest BCUT2D eigenvalue weighted by Crippen LogP contribution is -2.22. The molecule has 3 aromatic rings. The highest BCUT2D eigenvalue weighted by atomic mass is 32.2. The molecule has 1 unspecified atom stereocenters. The summed E-state index contributed by atoms with van der Waals surface area (Å²) in [5.41, 5.74) is 2.16. The summed E-state index contributed by atoms with van der Waals surface area (Å²) in [4.78, 5) is 31.5. The molecule has 1 aromatic carbocycles. The number of aromatic nitrogens is 2. The molecule has 0 aliphatic carbocycles. The van der Waals surface area contributed by atoms with Gasteiger partial charge in [0.15, 0.2) is 9.47 Å². The van der Waals surface area contributed by atoms with Gasteiger partial charge in [-0.15, -0.1) is 22.7 Å². The number of carbonyl (C=O) groups is 1. The summed E-state index contributed by atoms with van der Waals surface area (Å²) in [7, 11) is 0. The Morgan fingerprint density at radius 3 is 2.81 bits per heavy atom. The third-order valence-electron chi connectivity index (χ3n) is 3.33. The smallest absolute Gasteiger partial charge is 0.270 e. The monoisotopic (exact) mass is 406 g/mol. The molecule has 134 valence electrons. The maximum Gasteiger partial charge on any atom is 0.270 e. The van der Waals surface area contributed by atoms with E-state index in [9.17, 15) is 14.9 Å². The highest BCUT2D eigenvalue weighted by Gasteiger charge is 2.18. The Bertz CT molecular complexity index is 954. The standard InChI is InChI=1S/C16H14N4O3S3/c1-9-7-25-16(17-9)26-10(2)14(21)19-15-18-13(8-24-15)11-4-3-5-12(6-11)20(22)23/h3-8,10H,1-2H3,(H,18,19,21). The van der Waals surface area contributed by atoms with Crippen molar-refractivity contribution in [1.82, 2.24) is 9.97 Å². The second-order valence-corrected chi connectivity index (χ2v) is 8.65. The van der Waals surface area contributed by atoms with Crippen LogP contribution in [0.3, 0.4) is 0 Å². The summed E-state index contributed by atoms with van der Waals surface area (Å²) in [5.74, 6) is -0.164. The number of thioether (sulfide) groups is 1. The second-order valence-electron chi connectivity index (χ2n) is 5.35. The minimum absolute atomic E-state index is 0.00449. The zero-order valence-corrected chi connectivity index (χ0v) is 16.3. The van der Waals surface area contributed by atoms with Gasteiger partial charge in [-0.2, -0.15) is 0 Å². The zero-order valence-electron chi connectivity index (χ0n) is 13.8. The Morgan fingerprint density at radius 1 is 1.31 bits per heavy atom. The summed E-state index contributed by atoms with van der Waals surface area (Å²) in [6.45, 7) is 3.72. The van der Waals surface area contributed by atoms with Crippen LogP contribution in [-0.4, -0.2) is 26.0 Å². The number of nitro benzene ring substituents is 1. The van der Waals surface area contributed by atoms with E-state index in [4.69, 9.17) is 0 Å². The van der Waals surface area contributed by atoms with Gasteiger partial charge in [0.2, 0.25) is 5.91 Å². The molecule has 3 rings (SSSR count). The molecule has 26 heavy (non-hydrogen) atoms. The number of non-ortho nitro benzene ring substituents is 1. The van der Waals surface area contributed by atoms with Crippen LogP contribution < -0.4 is 5.32 Å². The summed E-state index contributed by atoms with van der Waals surface area (Å²) in [6, 6.07) is 6.25. The van der Waals surface area contributed by atoms with Crippen LogP contribution in [0.25, 0.3) is 11.3 Å². The molecule has 0 aliphatic rings. The molecular weight excluding hydrogens is 392 g/mol. The van der Waals surface area contributed by atoms with Crippen molar-refractivity contribution in [2.24, 2.45) is 0 Å². The topological polar surface area (TPSA) is 98.0 Å². The highest BCUT2D eigenvalue weighted by molar-refractivity contribution is 8.02. The van der Waals surface area contributed by atoms with Gasteiger partial charge in [-0.05, 0) is 13.8 Å². The third-order valence-corrected chi connectivity index (χ3v) is 6.28. The number of rotatable bonds is 6. The van der Waals surface area contributed by atoms with Crippen LogP contribution >= 0.6 is 34.4 Å². The maximum absolute atomic E-state index is 12.3. The van der Waals surface area contributed by atoms with E-state index in [0.717, 1.165) is 10.0 Å². The van der Waals surface area contributed by atoms with Gasteiger partial charge in [0, 0.05) is 34.2 Å². The SMILES string of the molecule is Cc1csc(SC(C)C(=O)Nc2nc(-c3cccc([N+](=O)[O-])c3)cs2)n1. The molecule has 1 N–H and O–H groups in total. The number of hydrogen-bond acceptors (Lipinski definition) is 8. The van der Waals surface area contributed by atoms with E-state index in [1.807, 2.05) is 19.2 Å². The first kappa shape index (κ1) is 18.5. The number of nitrogens with one attached hydrogen (secondary N) is 1. The Hall–Kier alpha value is -2.30. The van der Waals surface area contributed by atoms with Crippen LogP contribution in [0.15, 0.2) is 39.4 Å². The van der Waals surface area contributed by atoms with E-state index in [-0.39, 0.29) is 16.8 Å². The lowest BCUT2D eigenvalue weighted by atomic mass is 10.1. The van der Waals surface area contributed by atoms with Gasteiger partial charge < -0.3 is 5.32 Å². The zero-order chi connectivity index (χ0) is 18.7. The highest BCUT2D eigenvalue weighted by Crippen LogP contribution is 2.30. The molecule has 7 nitrogen and oxygen atoms in total. The van der Waals surface area contributed by atoms with E-state index >= 15 is 0 Å². The van der Waals surface area contributed by atoms with Gasteiger partial charge >= 0.3 is 0 Å². The van der Waals surface area contributed by atoms with Crippen LogP contribution in [0, 0.1) is 17.0 Å². The molecule has 0 bridgehead atoms. The number of carbonyl (C=O) groups excluding carboxylic acids is 1. The molecule has 0 radical (unpaired) electrons. The normalized spacial score (nSPS) is 11.9. The Kier molecular flexibility index (Phi) is 5.64. The van der Waals surface area contributed by atoms with E-state index in [2.05, 4.69) is 15.3 Å². The summed E-state index contributed by atoms with van der Waals surface area (Å²) in [6.07, 6.45) is 0. The van der Waals surface area contributed by atoms with Crippen molar-refractivity contribution in [2.45, 2.75) is 23.4 Å². The third kappa shape index (κ3) is 4.45. The van der Waals surface area contributed by atoms with Crippen molar-refractivity contribution in [3.8, 4) is 11.3 Å². The Balaban J connectivity index is 1.67. The predicted octanol–water partition coefficient (Wildman–Crippen LogP) is 4.60. The minimum atomic E-state index is -0.447. The quantitative estimate of drug-likeness (QED) is 0.365. The first-order valence-corrected chi connectivity index (χ1v) is 10.2. The number of thiazole rings is 2. The number of anilines is 1. The average molecular weight is 407 g/mol. The summed E-state index contributed by atoms with van der Waals surface area (Å²) >= 11 is 4.19. The summed E-state index contributed by atoms with van der Waals surface area (Å²) < 4.78 is 0.849. The fourth-order valence-electron chi connectivity index (χ4n) is 2.04. The molecule has 1 atom stereocenters. The lowest BCUT2D eigenvalue weighted by Gasteiger charge is -2.08. The van der Waals surface area contributed by atoms with E-state index < -0.39 is 4.92 Å². The number of nitrogens with zero attached hydrogens (tertiary/aromatic N) is 3. The molecule has 0 aliphatic heterocycles. The molecule has 0 fully saturated rings. The second kappa shape index (κ2) is 7.94. The first-order valence-electron chi connectivity index (χ1n) is 7.52. The van der Waals surface area contributed by atoms with Crippen LogP contribution in [0.1, 0.15) is 12.6 Å². The minimum Gasteiger partial charge on any atom is -0.301 e. The first-order chi connectivity index (χ1) is 12.4. The van der Waals surface area contributed by atoms with Crippen molar-refractivity contribution in [2.75, 3.05) is 5.32 Å². The van der Waals surface area contributed by atoms with Crippen molar-refractivity contribution in [3.05, 3.63) is 50.8 Å². The van der Waals surface area contributed by atoms with Gasteiger partial charge in [-0.3, -0.25) is 14.9 Å². The predicted molar refractivity (Wildman–Crippen MR) is 105 cm³/mol. The van der Waals surface area contributed by atoms with Gasteiger partial charge in [0.1, 0.15) is 0 Å². The van der Waals surface area contributed by atoms with Gasteiger partial charge in [-0.1, -0.05) is 23.9 Å². The molecule has 0 spiro atoms. The Morgan fingerprint density at radius 2 is 2.12 bits per heavy atom. The molecule has 10 heteroatoms. The van der Waals surface area contributed by atoms with Gasteiger partial charge in [0.25, 0.3) is 5.69 Å². The number of aryl methyl sites for hydroxylation is 1. The van der Waals surface area contributed by atoms with Crippen molar-refractivity contribution in [1.29, 1.82) is 0 Å². The van der Waals surface area contributed by atoms with E-state index in [0.29, 0.717) is 16.4 Å². The fourth-order valence-corrected chi connectivity index (χ4v) is 4.75. The van der Waals surface area contributed by atoms with Crippen LogP contribution in [0.4, 0.5) is 10.8 Å². The van der Waals surface area contributed by atoms with Crippen molar-refractivity contribution in [3.63, 3.8) is 0 Å². The molecule has 2 aromatic heterocycles. The molecule has 0 saturated heterocycles. The van der Waals surface area contributed by atoms with Crippen molar-refractivity contribution >= 4 is 51.2 Å². The fraction of sp³-hybridized carbons (Fsp3) is 0.188. The van der Waals surface area contributed by atoms with Gasteiger partial charge in [0.05, 0.1) is 15.9 Å². The number of hydrogen-bond donors (Lipinski definition) is 1. The molecule has 0 saturated carbocycles.